The lowest BCUT2D eigenvalue weighted by molar-refractivity contribution is -0.0319. The van der Waals surface area contributed by atoms with Crippen LogP contribution in [0.15, 0.2) is 0 Å². The van der Waals surface area contributed by atoms with Crippen molar-refractivity contribution >= 4 is 0 Å². The fourth-order valence-electron chi connectivity index (χ4n) is 1.50. The SMILES string of the molecule is CC1CCC(O)(C(C)C)CN1. The molecule has 0 aromatic carbocycles. The largest absolute Gasteiger partial charge is 0.388 e. The third kappa shape index (κ3) is 1.94. The molecule has 0 radical (unpaired) electrons. The molecule has 1 rings (SSSR count). The van der Waals surface area contributed by atoms with Gasteiger partial charge in [-0.05, 0) is 25.7 Å². The van der Waals surface area contributed by atoms with Crippen molar-refractivity contribution in [2.75, 3.05) is 6.54 Å². The Hall–Kier alpha value is -0.0800. The fraction of sp³-hybridized carbons (Fsp3) is 1.00. The molecule has 0 amide bonds. The zero-order chi connectivity index (χ0) is 8.48. The lowest BCUT2D eigenvalue weighted by Gasteiger charge is -2.38. The van der Waals surface area contributed by atoms with Crippen LogP contribution >= 0.6 is 0 Å². The number of hydrogen-bond acceptors (Lipinski definition) is 2. The smallest absolute Gasteiger partial charge is 0.0794 e. The lowest BCUT2D eigenvalue weighted by atomic mass is 9.82. The van der Waals surface area contributed by atoms with Crippen LogP contribution in [-0.2, 0) is 0 Å². The molecule has 1 fully saturated rings. The topological polar surface area (TPSA) is 32.3 Å². The molecule has 0 aliphatic carbocycles. The molecule has 2 heteroatoms. The summed E-state index contributed by atoms with van der Waals surface area (Å²) in [6.07, 6.45) is 2.04. The molecule has 0 aromatic rings. The first kappa shape index (κ1) is 9.01. The van der Waals surface area contributed by atoms with E-state index in [0.29, 0.717) is 12.0 Å². The number of aliphatic hydroxyl groups is 1. The molecule has 2 nitrogen and oxygen atoms in total. The van der Waals surface area contributed by atoms with Crippen molar-refractivity contribution in [1.29, 1.82) is 0 Å². The molecule has 1 aliphatic rings. The molecule has 66 valence electrons. The Morgan fingerprint density at radius 1 is 1.55 bits per heavy atom. The molecular formula is C9H19NO. The molecule has 0 aromatic heterocycles. The molecule has 1 saturated heterocycles. The van der Waals surface area contributed by atoms with Gasteiger partial charge < -0.3 is 10.4 Å². The van der Waals surface area contributed by atoms with E-state index in [1.165, 1.54) is 0 Å². The zero-order valence-corrected chi connectivity index (χ0v) is 7.72. The number of β-amino-alcohol motifs (C(OH)–C–C–N with tert-alkyl or cyclic N) is 1. The number of piperidine rings is 1. The van der Waals surface area contributed by atoms with E-state index in [2.05, 4.69) is 26.1 Å². The van der Waals surface area contributed by atoms with Crippen molar-refractivity contribution in [3.8, 4) is 0 Å². The molecule has 1 aliphatic heterocycles. The molecule has 2 unspecified atom stereocenters. The normalized spacial score (nSPS) is 39.5. The van der Waals surface area contributed by atoms with Crippen LogP contribution in [0.5, 0.6) is 0 Å². The van der Waals surface area contributed by atoms with E-state index in [0.717, 1.165) is 19.4 Å². The predicted octanol–water partition coefficient (Wildman–Crippen LogP) is 1.15. The highest BCUT2D eigenvalue weighted by molar-refractivity contribution is 4.90. The second kappa shape index (κ2) is 3.11. The second-order valence-corrected chi connectivity index (χ2v) is 4.08. The average molecular weight is 157 g/mol. The van der Waals surface area contributed by atoms with Gasteiger partial charge in [-0.3, -0.25) is 0 Å². The molecule has 0 saturated carbocycles. The van der Waals surface area contributed by atoms with E-state index >= 15 is 0 Å². The van der Waals surface area contributed by atoms with Crippen molar-refractivity contribution in [3.05, 3.63) is 0 Å². The van der Waals surface area contributed by atoms with E-state index in [1.54, 1.807) is 0 Å². The Kier molecular flexibility index (Phi) is 2.55. The summed E-state index contributed by atoms with van der Waals surface area (Å²) in [4.78, 5) is 0. The van der Waals surface area contributed by atoms with Gasteiger partial charge >= 0.3 is 0 Å². The molecule has 0 spiro atoms. The van der Waals surface area contributed by atoms with E-state index in [1.807, 2.05) is 0 Å². The molecule has 0 bridgehead atoms. The minimum Gasteiger partial charge on any atom is -0.388 e. The highest BCUT2D eigenvalue weighted by Crippen LogP contribution is 2.26. The van der Waals surface area contributed by atoms with Crippen LogP contribution in [0.4, 0.5) is 0 Å². The summed E-state index contributed by atoms with van der Waals surface area (Å²) >= 11 is 0. The maximum absolute atomic E-state index is 10.0. The van der Waals surface area contributed by atoms with E-state index in [-0.39, 0.29) is 0 Å². The first-order valence-electron chi connectivity index (χ1n) is 4.50. The number of nitrogens with one attached hydrogen (secondary N) is 1. The van der Waals surface area contributed by atoms with Crippen molar-refractivity contribution < 1.29 is 5.11 Å². The Bertz CT molecular complexity index is 126. The van der Waals surface area contributed by atoms with Crippen molar-refractivity contribution in [1.82, 2.24) is 5.32 Å². The highest BCUT2D eigenvalue weighted by atomic mass is 16.3. The Labute approximate surface area is 69.0 Å². The third-order valence-electron chi connectivity index (χ3n) is 2.84. The summed E-state index contributed by atoms with van der Waals surface area (Å²) < 4.78 is 0. The summed E-state index contributed by atoms with van der Waals surface area (Å²) in [5, 5.41) is 13.3. The molecule has 11 heavy (non-hydrogen) atoms. The van der Waals surface area contributed by atoms with Gasteiger partial charge in [0.15, 0.2) is 0 Å². The summed E-state index contributed by atoms with van der Waals surface area (Å²) in [5.41, 5.74) is -0.452. The molecule has 2 atom stereocenters. The van der Waals surface area contributed by atoms with Gasteiger partial charge in [0, 0.05) is 12.6 Å². The van der Waals surface area contributed by atoms with E-state index in [9.17, 15) is 5.11 Å². The number of rotatable bonds is 1. The van der Waals surface area contributed by atoms with Crippen LogP contribution in [0.3, 0.4) is 0 Å². The van der Waals surface area contributed by atoms with Gasteiger partial charge in [0.2, 0.25) is 0 Å². The summed E-state index contributed by atoms with van der Waals surface area (Å²) in [6.45, 7) is 7.08. The van der Waals surface area contributed by atoms with Gasteiger partial charge in [0.05, 0.1) is 5.60 Å². The van der Waals surface area contributed by atoms with Gasteiger partial charge in [-0.25, -0.2) is 0 Å². The van der Waals surface area contributed by atoms with Gasteiger partial charge in [0.25, 0.3) is 0 Å². The minimum absolute atomic E-state index is 0.363. The quantitative estimate of drug-likeness (QED) is 0.598. The third-order valence-corrected chi connectivity index (χ3v) is 2.84. The lowest BCUT2D eigenvalue weighted by Crippen LogP contribution is -2.52. The van der Waals surface area contributed by atoms with Crippen LogP contribution in [0, 0.1) is 5.92 Å². The Morgan fingerprint density at radius 3 is 2.55 bits per heavy atom. The van der Waals surface area contributed by atoms with Crippen LogP contribution in [-0.4, -0.2) is 23.3 Å². The van der Waals surface area contributed by atoms with Crippen molar-refractivity contribution in [2.24, 2.45) is 5.92 Å². The second-order valence-electron chi connectivity index (χ2n) is 4.08. The molecule has 2 N–H and O–H groups in total. The fourth-order valence-corrected chi connectivity index (χ4v) is 1.50. The van der Waals surface area contributed by atoms with Gasteiger partial charge in [0.1, 0.15) is 0 Å². The molecular weight excluding hydrogens is 138 g/mol. The molecule has 1 heterocycles. The Morgan fingerprint density at radius 2 is 2.18 bits per heavy atom. The van der Waals surface area contributed by atoms with Crippen LogP contribution < -0.4 is 5.32 Å². The van der Waals surface area contributed by atoms with E-state index in [4.69, 9.17) is 0 Å². The van der Waals surface area contributed by atoms with Gasteiger partial charge in [-0.1, -0.05) is 13.8 Å². The first-order valence-corrected chi connectivity index (χ1v) is 4.50. The minimum atomic E-state index is -0.452. The van der Waals surface area contributed by atoms with Crippen LogP contribution in [0.1, 0.15) is 33.6 Å². The predicted molar refractivity (Wildman–Crippen MR) is 46.5 cm³/mol. The van der Waals surface area contributed by atoms with Crippen molar-refractivity contribution in [3.63, 3.8) is 0 Å². The first-order chi connectivity index (χ1) is 5.04. The van der Waals surface area contributed by atoms with E-state index < -0.39 is 5.60 Å². The Balaban J connectivity index is 2.48. The maximum atomic E-state index is 10.0. The highest BCUT2D eigenvalue weighted by Gasteiger charge is 2.34. The standard InChI is InChI=1S/C9H19NO/c1-7(2)9(11)5-4-8(3)10-6-9/h7-8,10-11H,4-6H2,1-3H3. The van der Waals surface area contributed by atoms with Gasteiger partial charge in [-0.2, -0.15) is 0 Å². The summed E-state index contributed by atoms with van der Waals surface area (Å²) in [6, 6.07) is 0.578. The maximum Gasteiger partial charge on any atom is 0.0794 e. The average Bonchev–Trinajstić information content (AvgIpc) is 1.95. The number of hydrogen-bond donors (Lipinski definition) is 2. The summed E-state index contributed by atoms with van der Waals surface area (Å²) in [5.74, 6) is 0.363. The van der Waals surface area contributed by atoms with Crippen LogP contribution in [0.25, 0.3) is 0 Å². The van der Waals surface area contributed by atoms with Gasteiger partial charge in [-0.15, -0.1) is 0 Å². The summed E-state index contributed by atoms with van der Waals surface area (Å²) in [7, 11) is 0. The monoisotopic (exact) mass is 157 g/mol. The van der Waals surface area contributed by atoms with Crippen LogP contribution in [0.2, 0.25) is 0 Å². The van der Waals surface area contributed by atoms with Crippen molar-refractivity contribution in [2.45, 2.75) is 45.3 Å². The zero-order valence-electron chi connectivity index (χ0n) is 7.72.